The van der Waals surface area contributed by atoms with E-state index < -0.39 is 0 Å². The van der Waals surface area contributed by atoms with E-state index in [1.165, 1.54) is 62.5 Å². The van der Waals surface area contributed by atoms with E-state index in [9.17, 15) is 0 Å². The lowest BCUT2D eigenvalue weighted by Crippen LogP contribution is -2.37. The minimum absolute atomic E-state index is 0.364. The van der Waals surface area contributed by atoms with Crippen molar-refractivity contribution in [2.24, 2.45) is 10.8 Å². The van der Waals surface area contributed by atoms with Gasteiger partial charge in [0.25, 0.3) is 0 Å². The van der Waals surface area contributed by atoms with Gasteiger partial charge in [0.2, 0.25) is 0 Å². The molecule has 0 bridgehead atoms. The van der Waals surface area contributed by atoms with Crippen LogP contribution in [0.2, 0.25) is 0 Å². The van der Waals surface area contributed by atoms with Crippen LogP contribution in [0.15, 0.2) is 29.3 Å². The van der Waals surface area contributed by atoms with Gasteiger partial charge in [0.1, 0.15) is 5.84 Å². The Morgan fingerprint density at radius 3 is 2.52 bits per heavy atom. The van der Waals surface area contributed by atoms with Gasteiger partial charge in [-0.25, -0.2) is 5.84 Å². The summed E-state index contributed by atoms with van der Waals surface area (Å²) in [6.45, 7) is 0. The molecule has 1 unspecified atom stereocenters. The number of aryl methyl sites for hydroxylation is 1. The minimum atomic E-state index is 0.364. The molecule has 0 aliphatic heterocycles. The van der Waals surface area contributed by atoms with E-state index in [0.717, 1.165) is 12.3 Å². The monoisotopic (exact) mass is 285 g/mol. The van der Waals surface area contributed by atoms with Crippen molar-refractivity contribution >= 4 is 5.84 Å². The first-order valence-corrected chi connectivity index (χ1v) is 8.50. The lowest BCUT2D eigenvalue weighted by atomic mass is 9.82. The molecule has 0 heterocycles. The number of rotatable bonds is 2. The summed E-state index contributed by atoms with van der Waals surface area (Å²) < 4.78 is 0. The number of fused-ring (bicyclic) bond motifs is 1. The average Bonchev–Trinajstić information content (AvgIpc) is 2.81. The molecule has 3 nitrogen and oxygen atoms in total. The quantitative estimate of drug-likeness (QED) is 0.286. The molecule has 1 fully saturated rings. The van der Waals surface area contributed by atoms with Crippen molar-refractivity contribution in [1.82, 2.24) is 5.43 Å². The molecule has 114 valence electrons. The lowest BCUT2D eigenvalue weighted by Gasteiger charge is -2.27. The van der Waals surface area contributed by atoms with Crippen LogP contribution in [0.4, 0.5) is 0 Å². The zero-order chi connectivity index (χ0) is 14.5. The Labute approximate surface area is 128 Å². The van der Waals surface area contributed by atoms with Gasteiger partial charge >= 0.3 is 0 Å². The highest BCUT2D eigenvalue weighted by atomic mass is 15.3. The van der Waals surface area contributed by atoms with Gasteiger partial charge in [0.05, 0.1) is 6.04 Å². The number of hydrogen-bond donors (Lipinski definition) is 2. The van der Waals surface area contributed by atoms with Crippen LogP contribution in [-0.4, -0.2) is 11.9 Å². The summed E-state index contributed by atoms with van der Waals surface area (Å²) >= 11 is 0. The number of aliphatic imine (C=N–C) groups is 1. The molecule has 0 amide bonds. The van der Waals surface area contributed by atoms with Gasteiger partial charge in [0, 0.05) is 5.92 Å². The van der Waals surface area contributed by atoms with Gasteiger partial charge in [-0.2, -0.15) is 0 Å². The molecule has 2 aliphatic rings. The third kappa shape index (κ3) is 3.46. The number of nitrogens with two attached hydrogens (primary N) is 1. The molecule has 3 rings (SSSR count). The van der Waals surface area contributed by atoms with E-state index >= 15 is 0 Å². The summed E-state index contributed by atoms with van der Waals surface area (Å²) in [6, 6.07) is 9.24. The van der Waals surface area contributed by atoms with Crippen molar-refractivity contribution in [2.75, 3.05) is 0 Å². The van der Waals surface area contributed by atoms with Crippen LogP contribution < -0.4 is 11.3 Å². The van der Waals surface area contributed by atoms with E-state index in [0.29, 0.717) is 12.0 Å². The number of nitrogens with zero attached hydrogens (tertiary/aromatic N) is 1. The van der Waals surface area contributed by atoms with Crippen molar-refractivity contribution in [2.45, 2.75) is 69.7 Å². The van der Waals surface area contributed by atoms with E-state index in [4.69, 9.17) is 10.8 Å². The fourth-order valence-corrected chi connectivity index (χ4v) is 3.85. The molecule has 0 aromatic heterocycles. The highest BCUT2D eigenvalue weighted by Gasteiger charge is 2.25. The summed E-state index contributed by atoms with van der Waals surface area (Å²) in [5, 5.41) is 0. The standard InChI is InChI=1S/C18H27N3/c19-21-18(20-15-10-3-1-2-4-11-15)17-13-7-9-14-8-5-6-12-16(14)17/h5-6,8,12,15,17H,1-4,7,9-11,13,19H2,(H,20,21). The fourth-order valence-electron chi connectivity index (χ4n) is 3.85. The molecule has 2 aliphatic carbocycles. The van der Waals surface area contributed by atoms with E-state index in [-0.39, 0.29) is 0 Å². The maximum atomic E-state index is 5.84. The molecule has 1 aromatic carbocycles. The van der Waals surface area contributed by atoms with Gasteiger partial charge in [0.15, 0.2) is 0 Å². The van der Waals surface area contributed by atoms with Gasteiger partial charge < -0.3 is 5.43 Å². The topological polar surface area (TPSA) is 50.4 Å². The molecular weight excluding hydrogens is 258 g/mol. The van der Waals surface area contributed by atoms with Gasteiger partial charge in [-0.05, 0) is 43.2 Å². The summed E-state index contributed by atoms with van der Waals surface area (Å²) in [5.74, 6) is 7.21. The maximum Gasteiger partial charge on any atom is 0.118 e. The summed E-state index contributed by atoms with van der Waals surface area (Å²) in [4.78, 5) is 5.02. The van der Waals surface area contributed by atoms with E-state index in [2.05, 4.69) is 29.7 Å². The van der Waals surface area contributed by atoms with Gasteiger partial charge in [-0.3, -0.25) is 4.99 Å². The predicted molar refractivity (Wildman–Crippen MR) is 88.4 cm³/mol. The number of hydrogen-bond acceptors (Lipinski definition) is 2. The van der Waals surface area contributed by atoms with Crippen molar-refractivity contribution in [1.29, 1.82) is 0 Å². The second kappa shape index (κ2) is 7.08. The summed E-state index contributed by atoms with van der Waals surface area (Å²) in [6.07, 6.45) is 11.4. The molecule has 0 saturated heterocycles. The SMILES string of the molecule is NNC(=NC1CCCCCC1)C1CCCc2ccccc21. The van der Waals surface area contributed by atoms with Crippen LogP contribution in [0.25, 0.3) is 0 Å². The third-order valence-corrected chi connectivity index (χ3v) is 4.99. The summed E-state index contributed by atoms with van der Waals surface area (Å²) in [7, 11) is 0. The van der Waals surface area contributed by atoms with Crippen molar-refractivity contribution < 1.29 is 0 Å². The lowest BCUT2D eigenvalue weighted by molar-refractivity contribution is 0.569. The van der Waals surface area contributed by atoms with Crippen molar-refractivity contribution in [3.05, 3.63) is 35.4 Å². The van der Waals surface area contributed by atoms with Crippen LogP contribution in [0.3, 0.4) is 0 Å². The molecule has 1 atom stereocenters. The van der Waals surface area contributed by atoms with Crippen molar-refractivity contribution in [3.8, 4) is 0 Å². The summed E-state index contributed by atoms with van der Waals surface area (Å²) in [5.41, 5.74) is 5.83. The molecule has 0 radical (unpaired) electrons. The number of amidine groups is 1. The predicted octanol–water partition coefficient (Wildman–Crippen LogP) is 3.69. The molecule has 0 spiro atoms. The zero-order valence-corrected chi connectivity index (χ0v) is 12.9. The second-order valence-electron chi connectivity index (χ2n) is 6.45. The Balaban J connectivity index is 1.83. The number of benzene rings is 1. The van der Waals surface area contributed by atoms with Crippen molar-refractivity contribution in [3.63, 3.8) is 0 Å². The Bertz CT molecular complexity index is 487. The number of hydrazine groups is 1. The minimum Gasteiger partial charge on any atom is -0.312 e. The van der Waals surface area contributed by atoms with Crippen LogP contribution >= 0.6 is 0 Å². The van der Waals surface area contributed by atoms with Gasteiger partial charge in [-0.1, -0.05) is 49.9 Å². The average molecular weight is 285 g/mol. The largest absolute Gasteiger partial charge is 0.312 e. The third-order valence-electron chi connectivity index (χ3n) is 4.99. The fraction of sp³-hybridized carbons (Fsp3) is 0.611. The molecular formula is C18H27N3. The van der Waals surface area contributed by atoms with Crippen LogP contribution in [0, 0.1) is 0 Å². The van der Waals surface area contributed by atoms with Crippen LogP contribution in [-0.2, 0) is 6.42 Å². The smallest absolute Gasteiger partial charge is 0.118 e. The molecule has 3 N–H and O–H groups in total. The molecule has 3 heteroatoms. The zero-order valence-electron chi connectivity index (χ0n) is 12.9. The highest BCUT2D eigenvalue weighted by Crippen LogP contribution is 2.32. The van der Waals surface area contributed by atoms with Gasteiger partial charge in [-0.15, -0.1) is 0 Å². The molecule has 21 heavy (non-hydrogen) atoms. The highest BCUT2D eigenvalue weighted by molar-refractivity contribution is 5.89. The first kappa shape index (κ1) is 14.6. The Morgan fingerprint density at radius 2 is 1.76 bits per heavy atom. The normalized spacial score (nSPS) is 24.2. The van der Waals surface area contributed by atoms with E-state index in [1.807, 2.05) is 0 Å². The Hall–Kier alpha value is -1.35. The Kier molecular flexibility index (Phi) is 4.91. The number of nitrogens with one attached hydrogen (secondary N) is 1. The van der Waals surface area contributed by atoms with Crippen LogP contribution in [0.1, 0.15) is 68.4 Å². The first-order chi connectivity index (χ1) is 10.4. The van der Waals surface area contributed by atoms with Crippen LogP contribution in [0.5, 0.6) is 0 Å². The maximum absolute atomic E-state index is 5.84. The second-order valence-corrected chi connectivity index (χ2v) is 6.45. The first-order valence-electron chi connectivity index (χ1n) is 8.50. The molecule has 1 aromatic rings. The Morgan fingerprint density at radius 1 is 1.00 bits per heavy atom. The molecule has 1 saturated carbocycles. The van der Waals surface area contributed by atoms with E-state index in [1.54, 1.807) is 0 Å².